The van der Waals surface area contributed by atoms with E-state index in [9.17, 15) is 24.6 Å². The Morgan fingerprint density at radius 2 is 1.93 bits per heavy atom. The Labute approximate surface area is 166 Å². The highest BCUT2D eigenvalue weighted by Gasteiger charge is 2.34. The summed E-state index contributed by atoms with van der Waals surface area (Å²) in [7, 11) is 0. The van der Waals surface area contributed by atoms with E-state index in [1.807, 2.05) is 30.3 Å². The van der Waals surface area contributed by atoms with Crippen LogP contribution in [-0.2, 0) is 20.8 Å². The standard InChI is InChI=1S/C19H21N3O5S/c23-17(24)11-22-18(25)15(12-28-16-7-4-10-21(16)22)20-14(19(26)27)9-8-13-5-2-1-3-6-13/h1-7,10,14-15,20H,8-9,11-12H2,(H,23,24)(H,26,27)/t14-,15+/m1/s1. The van der Waals surface area contributed by atoms with E-state index in [0.717, 1.165) is 15.6 Å². The average Bonchev–Trinajstić information content (AvgIpc) is 3.09. The molecule has 28 heavy (non-hydrogen) atoms. The smallest absolute Gasteiger partial charge is 0.325 e. The van der Waals surface area contributed by atoms with E-state index in [1.165, 1.54) is 16.4 Å². The van der Waals surface area contributed by atoms with Gasteiger partial charge in [0, 0.05) is 11.9 Å². The number of rotatable bonds is 8. The molecule has 0 fully saturated rings. The van der Waals surface area contributed by atoms with Gasteiger partial charge >= 0.3 is 11.9 Å². The van der Waals surface area contributed by atoms with E-state index in [-0.39, 0.29) is 0 Å². The lowest BCUT2D eigenvalue weighted by Crippen LogP contribution is -2.56. The Hall–Kier alpha value is -2.78. The van der Waals surface area contributed by atoms with Gasteiger partial charge in [0.1, 0.15) is 12.6 Å². The third-order valence-electron chi connectivity index (χ3n) is 4.45. The predicted octanol–water partition coefficient (Wildman–Crippen LogP) is 1.19. The topological polar surface area (TPSA) is 112 Å². The Bertz CT molecular complexity index is 854. The number of carboxylic acids is 2. The number of carboxylic acid groups (broad SMARTS) is 2. The number of amides is 1. The van der Waals surface area contributed by atoms with Gasteiger partial charge < -0.3 is 10.2 Å². The summed E-state index contributed by atoms with van der Waals surface area (Å²) < 4.78 is 1.50. The molecule has 8 nitrogen and oxygen atoms in total. The maximum Gasteiger partial charge on any atom is 0.325 e. The lowest BCUT2D eigenvalue weighted by molar-refractivity contribution is -0.141. The number of benzene rings is 1. The highest BCUT2D eigenvalue weighted by molar-refractivity contribution is 7.99. The summed E-state index contributed by atoms with van der Waals surface area (Å²) in [6, 6.07) is 11.3. The summed E-state index contributed by atoms with van der Waals surface area (Å²) in [5.74, 6) is -2.33. The Balaban J connectivity index is 1.73. The monoisotopic (exact) mass is 403 g/mol. The minimum absolute atomic E-state index is 0.314. The summed E-state index contributed by atoms with van der Waals surface area (Å²) in [6.07, 6.45) is 2.49. The van der Waals surface area contributed by atoms with Crippen LogP contribution in [0.25, 0.3) is 0 Å². The van der Waals surface area contributed by atoms with Gasteiger partial charge in [-0.15, -0.1) is 11.8 Å². The van der Waals surface area contributed by atoms with Crippen molar-refractivity contribution >= 4 is 29.6 Å². The third kappa shape index (κ3) is 4.73. The van der Waals surface area contributed by atoms with Crippen molar-refractivity contribution in [3.05, 3.63) is 54.2 Å². The quantitative estimate of drug-likeness (QED) is 0.607. The number of aliphatic carboxylic acids is 2. The van der Waals surface area contributed by atoms with Gasteiger partial charge in [0.25, 0.3) is 5.91 Å². The average molecular weight is 403 g/mol. The van der Waals surface area contributed by atoms with Gasteiger partial charge in [-0.3, -0.25) is 24.4 Å². The van der Waals surface area contributed by atoms with Gasteiger partial charge in [-0.1, -0.05) is 30.3 Å². The van der Waals surface area contributed by atoms with Crippen molar-refractivity contribution in [1.82, 2.24) is 9.99 Å². The molecule has 2 aromatic rings. The SMILES string of the molecule is O=C(O)CN1C(=O)[C@@H](N[C@H](CCc2ccccc2)C(=O)O)CSc2cccn21. The summed E-state index contributed by atoms with van der Waals surface area (Å²) in [5, 5.41) is 23.6. The molecule has 1 amide bonds. The van der Waals surface area contributed by atoms with Crippen LogP contribution in [0.2, 0.25) is 0 Å². The molecule has 1 aromatic carbocycles. The van der Waals surface area contributed by atoms with Crippen LogP contribution in [0, 0.1) is 0 Å². The number of hydrogen-bond acceptors (Lipinski definition) is 5. The first kappa shape index (κ1) is 20.0. The lowest BCUT2D eigenvalue weighted by atomic mass is 10.0. The molecule has 148 valence electrons. The van der Waals surface area contributed by atoms with Gasteiger partial charge in [0.05, 0.1) is 11.1 Å². The predicted molar refractivity (Wildman–Crippen MR) is 104 cm³/mol. The number of fused-ring (bicyclic) bond motifs is 1. The van der Waals surface area contributed by atoms with Crippen LogP contribution in [0.3, 0.4) is 0 Å². The maximum absolute atomic E-state index is 12.9. The van der Waals surface area contributed by atoms with Crippen molar-refractivity contribution in [2.75, 3.05) is 17.3 Å². The van der Waals surface area contributed by atoms with Crippen molar-refractivity contribution in [2.45, 2.75) is 30.0 Å². The van der Waals surface area contributed by atoms with Crippen molar-refractivity contribution < 1.29 is 24.6 Å². The number of thioether (sulfide) groups is 1. The van der Waals surface area contributed by atoms with Crippen LogP contribution in [0.1, 0.15) is 12.0 Å². The fourth-order valence-corrected chi connectivity index (χ4v) is 4.12. The molecule has 1 aromatic heterocycles. The summed E-state index contributed by atoms with van der Waals surface area (Å²) in [5.41, 5.74) is 1.01. The molecule has 1 aliphatic heterocycles. The number of hydrogen-bond donors (Lipinski definition) is 3. The molecular weight excluding hydrogens is 382 g/mol. The van der Waals surface area contributed by atoms with E-state index in [2.05, 4.69) is 5.32 Å². The maximum atomic E-state index is 12.9. The molecule has 0 bridgehead atoms. The molecule has 0 radical (unpaired) electrons. The van der Waals surface area contributed by atoms with Gasteiger partial charge in [0.15, 0.2) is 0 Å². The van der Waals surface area contributed by atoms with Crippen LogP contribution >= 0.6 is 11.8 Å². The van der Waals surface area contributed by atoms with Crippen LogP contribution in [0.5, 0.6) is 0 Å². The minimum Gasteiger partial charge on any atom is -0.480 e. The van der Waals surface area contributed by atoms with Crippen LogP contribution in [0.15, 0.2) is 53.7 Å². The Morgan fingerprint density at radius 1 is 1.18 bits per heavy atom. The molecule has 0 saturated heterocycles. The minimum atomic E-state index is -1.14. The zero-order valence-corrected chi connectivity index (χ0v) is 15.8. The first-order chi connectivity index (χ1) is 13.5. The second kappa shape index (κ2) is 8.94. The fraction of sp³-hybridized carbons (Fsp3) is 0.316. The largest absolute Gasteiger partial charge is 0.480 e. The highest BCUT2D eigenvalue weighted by atomic mass is 32.2. The van der Waals surface area contributed by atoms with E-state index >= 15 is 0 Å². The third-order valence-corrected chi connectivity index (χ3v) is 5.57. The normalized spacial score (nSPS) is 17.6. The summed E-state index contributed by atoms with van der Waals surface area (Å²) in [6.45, 7) is -0.499. The molecular formula is C19H21N3O5S. The number of nitrogens with zero attached hydrogens (tertiary/aromatic N) is 2. The van der Waals surface area contributed by atoms with Crippen LogP contribution < -0.4 is 10.3 Å². The first-order valence-corrected chi connectivity index (χ1v) is 9.80. The fourth-order valence-electron chi connectivity index (χ4n) is 3.07. The zero-order chi connectivity index (χ0) is 20.1. The molecule has 3 rings (SSSR count). The number of nitrogens with one attached hydrogen (secondary N) is 1. The van der Waals surface area contributed by atoms with Crippen LogP contribution in [0.4, 0.5) is 0 Å². The summed E-state index contributed by atoms with van der Waals surface area (Å²) in [4.78, 5) is 35.9. The van der Waals surface area contributed by atoms with Crippen molar-refractivity contribution in [3.8, 4) is 0 Å². The van der Waals surface area contributed by atoms with Crippen LogP contribution in [-0.4, -0.2) is 57.1 Å². The van der Waals surface area contributed by atoms with E-state index in [4.69, 9.17) is 0 Å². The highest BCUT2D eigenvalue weighted by Crippen LogP contribution is 2.24. The van der Waals surface area contributed by atoms with Gasteiger partial charge in [-0.05, 0) is 30.5 Å². The van der Waals surface area contributed by atoms with E-state index < -0.39 is 36.5 Å². The molecule has 0 spiro atoms. The number of aryl methyl sites for hydroxylation is 1. The second-order valence-electron chi connectivity index (χ2n) is 6.43. The lowest BCUT2D eigenvalue weighted by Gasteiger charge is -2.26. The molecule has 0 saturated carbocycles. The molecule has 2 heterocycles. The molecule has 2 atom stereocenters. The zero-order valence-electron chi connectivity index (χ0n) is 15.0. The molecule has 0 aliphatic carbocycles. The van der Waals surface area contributed by atoms with Crippen molar-refractivity contribution in [2.24, 2.45) is 0 Å². The second-order valence-corrected chi connectivity index (χ2v) is 7.47. The van der Waals surface area contributed by atoms with Gasteiger partial charge in [0.2, 0.25) is 0 Å². The first-order valence-electron chi connectivity index (χ1n) is 8.82. The Morgan fingerprint density at radius 3 is 2.61 bits per heavy atom. The van der Waals surface area contributed by atoms with E-state index in [0.29, 0.717) is 18.6 Å². The Kier molecular flexibility index (Phi) is 6.37. The number of aromatic nitrogens is 1. The van der Waals surface area contributed by atoms with Gasteiger partial charge in [-0.2, -0.15) is 0 Å². The van der Waals surface area contributed by atoms with E-state index in [1.54, 1.807) is 18.3 Å². The van der Waals surface area contributed by atoms with Crippen molar-refractivity contribution in [1.29, 1.82) is 0 Å². The van der Waals surface area contributed by atoms with Crippen molar-refractivity contribution in [3.63, 3.8) is 0 Å². The molecule has 1 aliphatic rings. The number of carbonyl (C=O) groups is 3. The number of carbonyl (C=O) groups excluding carboxylic acids is 1. The summed E-state index contributed by atoms with van der Waals surface area (Å²) >= 11 is 1.38. The molecule has 3 N–H and O–H groups in total. The molecule has 9 heteroatoms. The molecule has 0 unspecified atom stereocenters. The van der Waals surface area contributed by atoms with Gasteiger partial charge in [-0.25, -0.2) is 5.01 Å².